The van der Waals surface area contributed by atoms with Crippen molar-refractivity contribution in [1.82, 2.24) is 0 Å². The van der Waals surface area contributed by atoms with Crippen molar-refractivity contribution in [2.45, 2.75) is 12.6 Å². The molecule has 156 valence electrons. The smallest absolute Gasteiger partial charge is 0.416 e. The Labute approximate surface area is 175 Å². The van der Waals surface area contributed by atoms with E-state index in [4.69, 9.17) is 0 Å². The summed E-state index contributed by atoms with van der Waals surface area (Å²) < 4.78 is 52.8. The topological polar surface area (TPSA) is 40.5 Å². The molecule has 1 heterocycles. The van der Waals surface area contributed by atoms with E-state index in [9.17, 15) is 27.5 Å². The van der Waals surface area contributed by atoms with Crippen molar-refractivity contribution in [1.29, 1.82) is 0 Å². The van der Waals surface area contributed by atoms with Crippen LogP contribution in [0.25, 0.3) is 6.08 Å². The second-order valence-electron chi connectivity index (χ2n) is 7.00. The van der Waals surface area contributed by atoms with Crippen LogP contribution in [0.5, 0.6) is 0 Å². The molecule has 0 fully saturated rings. The van der Waals surface area contributed by atoms with E-state index in [-0.39, 0.29) is 11.4 Å². The van der Waals surface area contributed by atoms with Crippen molar-refractivity contribution in [2.24, 2.45) is 0 Å². The molecule has 7 heteroatoms. The highest BCUT2D eigenvalue weighted by Gasteiger charge is 2.32. The molecule has 0 aliphatic carbocycles. The number of alkyl halides is 3. The Balaban J connectivity index is 1.85. The van der Waals surface area contributed by atoms with Gasteiger partial charge in [0.1, 0.15) is 5.82 Å². The zero-order valence-electron chi connectivity index (χ0n) is 15.9. The molecule has 0 amide bonds. The van der Waals surface area contributed by atoms with Gasteiger partial charge in [0.15, 0.2) is 0 Å². The lowest BCUT2D eigenvalue weighted by Crippen LogP contribution is -2.21. The molecule has 0 radical (unpaired) electrons. The number of rotatable bonds is 4. The summed E-state index contributed by atoms with van der Waals surface area (Å²) in [6.45, 7) is 0. The van der Waals surface area contributed by atoms with Gasteiger partial charge >= 0.3 is 12.1 Å². The third kappa shape index (κ3) is 4.22. The molecule has 3 aromatic carbocycles. The van der Waals surface area contributed by atoms with E-state index in [0.717, 1.165) is 17.7 Å². The number of nitrogens with zero attached hydrogens (tertiary/aromatic N) is 1. The summed E-state index contributed by atoms with van der Waals surface area (Å²) in [5.74, 6) is -1.50. The van der Waals surface area contributed by atoms with Gasteiger partial charge in [-0.05, 0) is 60.2 Å². The van der Waals surface area contributed by atoms with Crippen LogP contribution in [0.15, 0.2) is 78.2 Å². The Morgan fingerprint density at radius 1 is 1.00 bits per heavy atom. The highest BCUT2D eigenvalue weighted by atomic mass is 19.4. The lowest BCUT2D eigenvalue weighted by molar-refractivity contribution is -0.137. The van der Waals surface area contributed by atoms with Crippen molar-refractivity contribution in [3.63, 3.8) is 0 Å². The summed E-state index contributed by atoms with van der Waals surface area (Å²) in [4.78, 5) is 13.1. The molecule has 0 saturated carbocycles. The van der Waals surface area contributed by atoms with Crippen LogP contribution in [0.4, 0.5) is 28.9 Å². The molecule has 1 N–H and O–H groups in total. The Morgan fingerprint density at radius 3 is 2.42 bits per heavy atom. The predicted molar refractivity (Wildman–Crippen MR) is 109 cm³/mol. The fraction of sp³-hybridized carbons (Fsp3) is 0.0833. The van der Waals surface area contributed by atoms with E-state index >= 15 is 0 Å². The monoisotopic (exact) mass is 425 g/mol. The Kier molecular flexibility index (Phi) is 5.13. The largest absolute Gasteiger partial charge is 0.478 e. The number of aromatic carboxylic acids is 1. The van der Waals surface area contributed by atoms with Crippen LogP contribution < -0.4 is 4.90 Å². The number of halogens is 4. The third-order valence-electron chi connectivity index (χ3n) is 4.90. The number of hydrogen-bond donors (Lipinski definition) is 1. The standard InChI is InChI=1S/C24H15F4NO2/c25-19-8-4-15(5-9-19)12-21-10-6-16-13-18(24(26,27)28)7-11-22(16)29(21)20-3-1-2-17(14-20)23(30)31/h1-9,11,13-14H,12H2,(H,30,31). The first-order chi connectivity index (χ1) is 14.7. The SMILES string of the molecule is O=C(O)c1cccc(N2C(Cc3ccc(F)cc3)=C=Cc3cc(C(F)(F)F)ccc32)c1. The molecule has 3 aromatic rings. The number of benzene rings is 3. The maximum atomic E-state index is 13.3. The van der Waals surface area contributed by atoms with Gasteiger partial charge in [-0.3, -0.25) is 0 Å². The highest BCUT2D eigenvalue weighted by Crippen LogP contribution is 2.40. The van der Waals surface area contributed by atoms with Gasteiger partial charge in [0, 0.05) is 17.7 Å². The molecular formula is C24H15F4NO2. The van der Waals surface area contributed by atoms with Crippen LogP contribution in [-0.4, -0.2) is 11.1 Å². The summed E-state index contributed by atoms with van der Waals surface area (Å²) in [5.41, 5.74) is 4.87. The average molecular weight is 425 g/mol. The molecule has 31 heavy (non-hydrogen) atoms. The number of carboxylic acids is 1. The van der Waals surface area contributed by atoms with Crippen LogP contribution in [0.3, 0.4) is 0 Å². The maximum absolute atomic E-state index is 13.3. The minimum Gasteiger partial charge on any atom is -0.478 e. The number of carbonyl (C=O) groups is 1. The molecule has 1 aliphatic rings. The summed E-state index contributed by atoms with van der Waals surface area (Å²) in [6.07, 6.45) is -2.70. The van der Waals surface area contributed by atoms with Gasteiger partial charge in [-0.15, -0.1) is 0 Å². The van der Waals surface area contributed by atoms with Gasteiger partial charge in [0.05, 0.1) is 22.5 Å². The maximum Gasteiger partial charge on any atom is 0.416 e. The molecule has 0 atom stereocenters. The van der Waals surface area contributed by atoms with E-state index in [0.29, 0.717) is 29.1 Å². The van der Waals surface area contributed by atoms with Gasteiger partial charge in [-0.1, -0.05) is 23.9 Å². The fourth-order valence-electron chi connectivity index (χ4n) is 3.42. The molecule has 0 aromatic heterocycles. The average Bonchev–Trinajstić information content (AvgIpc) is 2.74. The summed E-state index contributed by atoms with van der Waals surface area (Å²) in [5, 5.41) is 9.35. The second kappa shape index (κ2) is 7.78. The molecule has 0 unspecified atom stereocenters. The van der Waals surface area contributed by atoms with Gasteiger partial charge in [-0.2, -0.15) is 13.2 Å². The minimum absolute atomic E-state index is 0.0432. The summed E-state index contributed by atoms with van der Waals surface area (Å²) in [7, 11) is 0. The van der Waals surface area contributed by atoms with Crippen molar-refractivity contribution in [3.8, 4) is 0 Å². The molecular weight excluding hydrogens is 410 g/mol. The molecule has 0 saturated heterocycles. The lowest BCUT2D eigenvalue weighted by atomic mass is 10.00. The second-order valence-corrected chi connectivity index (χ2v) is 7.00. The number of allylic oxidation sites excluding steroid dienone is 1. The zero-order valence-corrected chi connectivity index (χ0v) is 15.9. The number of anilines is 2. The summed E-state index contributed by atoms with van der Waals surface area (Å²) >= 11 is 0. The van der Waals surface area contributed by atoms with Gasteiger partial charge < -0.3 is 10.0 Å². The first kappa shape index (κ1) is 20.4. The van der Waals surface area contributed by atoms with Crippen LogP contribution in [-0.2, 0) is 12.6 Å². The lowest BCUT2D eigenvalue weighted by Gasteiger charge is -2.30. The van der Waals surface area contributed by atoms with Crippen molar-refractivity contribution < 1.29 is 27.5 Å². The van der Waals surface area contributed by atoms with Gasteiger partial charge in [0.25, 0.3) is 0 Å². The number of fused-ring (bicyclic) bond motifs is 1. The molecule has 4 rings (SSSR count). The van der Waals surface area contributed by atoms with Crippen LogP contribution >= 0.6 is 0 Å². The molecule has 0 spiro atoms. The van der Waals surface area contributed by atoms with Gasteiger partial charge in [-0.25, -0.2) is 9.18 Å². The normalized spacial score (nSPS) is 13.0. The third-order valence-corrected chi connectivity index (χ3v) is 4.90. The van der Waals surface area contributed by atoms with E-state index in [1.807, 2.05) is 0 Å². The summed E-state index contributed by atoms with van der Waals surface area (Å²) in [6, 6.07) is 15.4. The predicted octanol–water partition coefficient (Wildman–Crippen LogP) is 6.43. The zero-order chi connectivity index (χ0) is 22.2. The van der Waals surface area contributed by atoms with E-state index in [1.54, 1.807) is 29.2 Å². The molecule has 3 nitrogen and oxygen atoms in total. The molecule has 0 bridgehead atoms. The number of carboxylic acid groups (broad SMARTS) is 1. The minimum atomic E-state index is -4.49. The Morgan fingerprint density at radius 2 is 1.74 bits per heavy atom. The van der Waals surface area contributed by atoms with E-state index in [1.165, 1.54) is 36.4 Å². The van der Waals surface area contributed by atoms with Crippen LogP contribution in [0.2, 0.25) is 0 Å². The fourth-order valence-corrected chi connectivity index (χ4v) is 3.42. The quantitative estimate of drug-likeness (QED) is 0.387. The number of hydrogen-bond acceptors (Lipinski definition) is 2. The van der Waals surface area contributed by atoms with Crippen LogP contribution in [0, 0.1) is 5.82 Å². The Bertz CT molecular complexity index is 1220. The van der Waals surface area contributed by atoms with Gasteiger partial charge in [0.2, 0.25) is 0 Å². The Hall–Kier alpha value is -3.83. The first-order valence-electron chi connectivity index (χ1n) is 9.27. The molecule has 1 aliphatic heterocycles. The van der Waals surface area contributed by atoms with E-state index < -0.39 is 17.7 Å². The van der Waals surface area contributed by atoms with Crippen molar-refractivity contribution in [2.75, 3.05) is 4.90 Å². The van der Waals surface area contributed by atoms with Crippen molar-refractivity contribution >= 4 is 23.4 Å². The van der Waals surface area contributed by atoms with Crippen molar-refractivity contribution in [3.05, 3.63) is 106 Å². The van der Waals surface area contributed by atoms with Crippen LogP contribution in [0.1, 0.15) is 27.0 Å². The highest BCUT2D eigenvalue weighted by molar-refractivity contribution is 5.90. The van der Waals surface area contributed by atoms with E-state index in [2.05, 4.69) is 5.73 Å². The first-order valence-corrected chi connectivity index (χ1v) is 9.27.